The molecular formula is C8H8N4OS2. The molecule has 78 valence electrons. The van der Waals surface area contributed by atoms with Gasteiger partial charge in [-0.15, -0.1) is 21.5 Å². The Balaban J connectivity index is 1.91. The first-order chi connectivity index (χ1) is 7.25. The zero-order valence-corrected chi connectivity index (χ0v) is 9.27. The quantitative estimate of drug-likeness (QED) is 0.842. The lowest BCUT2D eigenvalue weighted by Crippen LogP contribution is -2.21. The van der Waals surface area contributed by atoms with Gasteiger partial charge in [0.1, 0.15) is 5.01 Å². The van der Waals surface area contributed by atoms with E-state index in [-0.39, 0.29) is 5.91 Å². The molecule has 0 saturated heterocycles. The molecule has 0 radical (unpaired) electrons. The Morgan fingerprint density at radius 1 is 1.53 bits per heavy atom. The average Bonchev–Trinajstić information content (AvgIpc) is 2.84. The van der Waals surface area contributed by atoms with Gasteiger partial charge in [-0.25, -0.2) is 0 Å². The van der Waals surface area contributed by atoms with Crippen molar-refractivity contribution >= 4 is 33.7 Å². The zero-order chi connectivity index (χ0) is 10.7. The number of rotatable bonds is 3. The Morgan fingerprint density at radius 2 is 2.40 bits per heavy atom. The van der Waals surface area contributed by atoms with E-state index in [1.807, 2.05) is 11.4 Å². The fraction of sp³-hybridized carbons (Fsp3) is 0.125. The van der Waals surface area contributed by atoms with Crippen molar-refractivity contribution in [2.24, 2.45) is 0 Å². The summed E-state index contributed by atoms with van der Waals surface area (Å²) in [6.07, 6.45) is 0. The van der Waals surface area contributed by atoms with E-state index in [9.17, 15) is 4.79 Å². The van der Waals surface area contributed by atoms with Gasteiger partial charge >= 0.3 is 0 Å². The maximum Gasteiger partial charge on any atom is 0.261 e. The Kier molecular flexibility index (Phi) is 2.93. The molecule has 3 N–H and O–H groups in total. The first-order valence-electron chi connectivity index (χ1n) is 4.15. The first-order valence-corrected chi connectivity index (χ1v) is 5.85. The molecule has 0 bridgehead atoms. The van der Waals surface area contributed by atoms with Crippen molar-refractivity contribution in [1.82, 2.24) is 15.5 Å². The highest BCUT2D eigenvalue weighted by Gasteiger charge is 2.07. The molecule has 0 aromatic carbocycles. The topological polar surface area (TPSA) is 80.9 Å². The SMILES string of the molecule is Nc1nnc(CNC(=O)c2cccs2)s1. The number of nitrogen functional groups attached to an aromatic ring is 1. The lowest BCUT2D eigenvalue weighted by Gasteiger charge is -1.98. The summed E-state index contributed by atoms with van der Waals surface area (Å²) >= 11 is 2.67. The maximum atomic E-state index is 11.5. The molecule has 0 aliphatic carbocycles. The summed E-state index contributed by atoms with van der Waals surface area (Å²) in [5.41, 5.74) is 5.41. The zero-order valence-electron chi connectivity index (χ0n) is 7.64. The van der Waals surface area contributed by atoms with Crippen LogP contribution < -0.4 is 11.1 Å². The number of nitrogens with one attached hydrogen (secondary N) is 1. The third kappa shape index (κ3) is 2.51. The summed E-state index contributed by atoms with van der Waals surface area (Å²) in [7, 11) is 0. The van der Waals surface area contributed by atoms with Crippen molar-refractivity contribution in [2.75, 3.05) is 5.73 Å². The van der Waals surface area contributed by atoms with Gasteiger partial charge in [0.05, 0.1) is 11.4 Å². The Morgan fingerprint density at radius 3 is 3.00 bits per heavy atom. The predicted molar refractivity (Wildman–Crippen MR) is 59.8 cm³/mol. The molecule has 0 spiro atoms. The van der Waals surface area contributed by atoms with Crippen molar-refractivity contribution in [2.45, 2.75) is 6.54 Å². The number of amides is 1. The number of carbonyl (C=O) groups is 1. The van der Waals surface area contributed by atoms with E-state index in [1.54, 1.807) is 6.07 Å². The third-order valence-electron chi connectivity index (χ3n) is 1.63. The number of carbonyl (C=O) groups excluding carboxylic acids is 1. The van der Waals surface area contributed by atoms with Crippen LogP contribution in [-0.4, -0.2) is 16.1 Å². The molecule has 2 aromatic heterocycles. The molecule has 1 amide bonds. The summed E-state index contributed by atoms with van der Waals surface area (Å²) in [4.78, 5) is 12.2. The summed E-state index contributed by atoms with van der Waals surface area (Å²) in [5.74, 6) is -0.0984. The van der Waals surface area contributed by atoms with Crippen LogP contribution in [0.1, 0.15) is 14.7 Å². The van der Waals surface area contributed by atoms with Crippen molar-refractivity contribution in [3.05, 3.63) is 27.4 Å². The lowest BCUT2D eigenvalue weighted by atomic mass is 10.4. The summed E-state index contributed by atoms with van der Waals surface area (Å²) in [5, 5.41) is 13.2. The minimum atomic E-state index is -0.0984. The molecule has 2 aromatic rings. The fourth-order valence-corrected chi connectivity index (χ4v) is 2.18. The number of nitrogens with two attached hydrogens (primary N) is 1. The lowest BCUT2D eigenvalue weighted by molar-refractivity contribution is 0.0955. The molecule has 15 heavy (non-hydrogen) atoms. The molecule has 2 heterocycles. The van der Waals surface area contributed by atoms with E-state index in [2.05, 4.69) is 15.5 Å². The smallest absolute Gasteiger partial charge is 0.261 e. The van der Waals surface area contributed by atoms with Gasteiger partial charge in [0, 0.05) is 0 Å². The van der Waals surface area contributed by atoms with Crippen LogP contribution >= 0.6 is 22.7 Å². The van der Waals surface area contributed by atoms with Gasteiger partial charge in [0.15, 0.2) is 0 Å². The van der Waals surface area contributed by atoms with Crippen LogP contribution in [0.2, 0.25) is 0 Å². The van der Waals surface area contributed by atoms with Crippen LogP contribution in [0.4, 0.5) is 5.13 Å². The van der Waals surface area contributed by atoms with E-state index >= 15 is 0 Å². The highest BCUT2D eigenvalue weighted by Crippen LogP contribution is 2.11. The van der Waals surface area contributed by atoms with Crippen LogP contribution in [-0.2, 0) is 6.54 Å². The second kappa shape index (κ2) is 4.37. The number of hydrogen-bond acceptors (Lipinski definition) is 6. The molecule has 2 rings (SSSR count). The number of hydrogen-bond donors (Lipinski definition) is 2. The number of anilines is 1. The van der Waals surface area contributed by atoms with Gasteiger partial charge in [-0.3, -0.25) is 4.79 Å². The van der Waals surface area contributed by atoms with Crippen molar-refractivity contribution in [3.63, 3.8) is 0 Å². The van der Waals surface area contributed by atoms with Crippen LogP contribution in [0.5, 0.6) is 0 Å². The summed E-state index contributed by atoms with van der Waals surface area (Å²) in [6, 6.07) is 3.61. The molecule has 0 aliphatic rings. The summed E-state index contributed by atoms with van der Waals surface area (Å²) < 4.78 is 0. The minimum Gasteiger partial charge on any atom is -0.374 e. The van der Waals surface area contributed by atoms with Gasteiger partial charge in [-0.05, 0) is 11.4 Å². The molecule has 0 fully saturated rings. The Hall–Kier alpha value is -1.47. The second-order valence-corrected chi connectivity index (χ2v) is 4.74. The largest absolute Gasteiger partial charge is 0.374 e. The summed E-state index contributed by atoms with van der Waals surface area (Å²) in [6.45, 7) is 0.367. The van der Waals surface area contributed by atoms with Crippen molar-refractivity contribution < 1.29 is 4.79 Å². The van der Waals surface area contributed by atoms with E-state index < -0.39 is 0 Å². The predicted octanol–water partition coefficient (Wildman–Crippen LogP) is 1.11. The van der Waals surface area contributed by atoms with Crippen molar-refractivity contribution in [1.29, 1.82) is 0 Å². The van der Waals surface area contributed by atoms with Crippen LogP contribution in [0.25, 0.3) is 0 Å². The highest BCUT2D eigenvalue weighted by molar-refractivity contribution is 7.15. The highest BCUT2D eigenvalue weighted by atomic mass is 32.1. The van der Waals surface area contributed by atoms with Gasteiger partial charge in [0.25, 0.3) is 5.91 Å². The molecule has 0 atom stereocenters. The van der Waals surface area contributed by atoms with E-state index in [4.69, 9.17) is 5.73 Å². The maximum absolute atomic E-state index is 11.5. The average molecular weight is 240 g/mol. The van der Waals surface area contributed by atoms with Gasteiger partial charge in [-0.2, -0.15) is 0 Å². The van der Waals surface area contributed by atoms with E-state index in [0.29, 0.717) is 21.6 Å². The molecule has 0 aliphatic heterocycles. The van der Waals surface area contributed by atoms with Crippen LogP contribution in [0.3, 0.4) is 0 Å². The molecule has 0 saturated carbocycles. The van der Waals surface area contributed by atoms with E-state index in [1.165, 1.54) is 22.7 Å². The molecule has 5 nitrogen and oxygen atoms in total. The fourth-order valence-electron chi connectivity index (χ4n) is 0.989. The second-order valence-electron chi connectivity index (χ2n) is 2.69. The van der Waals surface area contributed by atoms with Gasteiger partial charge < -0.3 is 11.1 Å². The number of aromatic nitrogens is 2. The first kappa shape index (κ1) is 10.1. The minimum absolute atomic E-state index is 0.0984. The van der Waals surface area contributed by atoms with E-state index in [0.717, 1.165) is 0 Å². The van der Waals surface area contributed by atoms with Crippen LogP contribution in [0, 0.1) is 0 Å². The van der Waals surface area contributed by atoms with Crippen LogP contribution in [0.15, 0.2) is 17.5 Å². The van der Waals surface area contributed by atoms with Gasteiger partial charge in [-0.1, -0.05) is 17.4 Å². The monoisotopic (exact) mass is 240 g/mol. The standard InChI is InChI=1S/C8H8N4OS2/c9-8-12-11-6(15-8)4-10-7(13)5-2-1-3-14-5/h1-3H,4H2,(H2,9,12)(H,10,13). The molecule has 7 heteroatoms. The Bertz CT molecular complexity index is 451. The van der Waals surface area contributed by atoms with Gasteiger partial charge in [0.2, 0.25) is 5.13 Å². The molecule has 0 unspecified atom stereocenters. The van der Waals surface area contributed by atoms with Crippen molar-refractivity contribution in [3.8, 4) is 0 Å². The third-order valence-corrected chi connectivity index (χ3v) is 3.25. The number of nitrogens with zero attached hydrogens (tertiary/aromatic N) is 2. The molecular weight excluding hydrogens is 232 g/mol. The Labute approximate surface area is 94.0 Å². The number of thiophene rings is 1. The normalized spacial score (nSPS) is 10.1.